The van der Waals surface area contributed by atoms with Crippen molar-refractivity contribution in [2.75, 3.05) is 0 Å². The zero-order valence-electron chi connectivity index (χ0n) is 16.4. The molecule has 1 fully saturated rings. The molecule has 0 bridgehead atoms. The fourth-order valence-electron chi connectivity index (χ4n) is 3.68. The summed E-state index contributed by atoms with van der Waals surface area (Å²) in [6, 6.07) is 17.0. The average Bonchev–Trinajstić information content (AvgIpc) is 3.09. The summed E-state index contributed by atoms with van der Waals surface area (Å²) in [5, 5.41) is 2.02. The molecule has 4 rings (SSSR count). The minimum atomic E-state index is -3.52. The van der Waals surface area contributed by atoms with Gasteiger partial charge in [-0.3, -0.25) is 0 Å². The van der Waals surface area contributed by atoms with Gasteiger partial charge >= 0.3 is 0 Å². The van der Waals surface area contributed by atoms with Gasteiger partial charge in [-0.25, -0.2) is 18.1 Å². The van der Waals surface area contributed by atoms with Gasteiger partial charge in [0.15, 0.2) is 4.80 Å². The molecule has 7 heteroatoms. The number of benzene rings is 2. The predicted octanol–water partition coefficient (Wildman–Crippen LogP) is 4.60. The van der Waals surface area contributed by atoms with Crippen molar-refractivity contribution in [2.24, 2.45) is 12.0 Å². The van der Waals surface area contributed by atoms with Crippen LogP contribution in [0.15, 0.2) is 69.9 Å². The van der Waals surface area contributed by atoms with Crippen LogP contribution in [0, 0.1) is 0 Å². The molecule has 0 aliphatic heterocycles. The summed E-state index contributed by atoms with van der Waals surface area (Å²) in [7, 11) is -1.57. The molecule has 1 aromatic heterocycles. The van der Waals surface area contributed by atoms with E-state index in [1.54, 1.807) is 18.2 Å². The van der Waals surface area contributed by atoms with Crippen LogP contribution in [0.4, 0.5) is 5.69 Å². The van der Waals surface area contributed by atoms with Gasteiger partial charge in [-0.05, 0) is 37.1 Å². The Morgan fingerprint density at radius 1 is 1.03 bits per heavy atom. The number of hydrogen-bond acceptors (Lipinski definition) is 4. The first-order valence-corrected chi connectivity index (χ1v) is 12.3. The second-order valence-corrected chi connectivity index (χ2v) is 9.94. The summed E-state index contributed by atoms with van der Waals surface area (Å²) in [6.07, 6.45) is 5.21. The normalized spacial score (nSPS) is 16.2. The number of nitrogens with zero attached hydrogens (tertiary/aromatic N) is 2. The minimum absolute atomic E-state index is 0.0472. The highest BCUT2D eigenvalue weighted by Gasteiger charge is 2.22. The summed E-state index contributed by atoms with van der Waals surface area (Å²) in [5.41, 5.74) is 2.70. The molecule has 0 unspecified atom stereocenters. The predicted molar refractivity (Wildman–Crippen MR) is 118 cm³/mol. The van der Waals surface area contributed by atoms with Crippen molar-refractivity contribution in [3.8, 4) is 11.3 Å². The fourth-order valence-corrected chi connectivity index (χ4v) is 5.95. The molecule has 0 spiro atoms. The molecule has 1 N–H and O–H groups in total. The molecule has 1 heterocycles. The van der Waals surface area contributed by atoms with Crippen LogP contribution in [0.1, 0.15) is 32.1 Å². The van der Waals surface area contributed by atoms with Crippen LogP contribution in [-0.4, -0.2) is 19.0 Å². The highest BCUT2D eigenvalue weighted by atomic mass is 32.2. The third-order valence-corrected chi connectivity index (χ3v) is 7.71. The quantitative estimate of drug-likeness (QED) is 0.647. The molecule has 0 atom stereocenters. The summed E-state index contributed by atoms with van der Waals surface area (Å²) < 4.78 is 30.7. The molecule has 3 aromatic rings. The molecule has 1 aliphatic rings. The van der Waals surface area contributed by atoms with Crippen LogP contribution in [0.2, 0.25) is 0 Å². The Bertz CT molecular complexity index is 1140. The van der Waals surface area contributed by atoms with E-state index in [0.29, 0.717) is 4.90 Å². The number of thiazole rings is 1. The number of rotatable bonds is 5. The van der Waals surface area contributed by atoms with E-state index in [-0.39, 0.29) is 6.04 Å². The van der Waals surface area contributed by atoms with Crippen LogP contribution in [0.3, 0.4) is 0 Å². The van der Waals surface area contributed by atoms with Crippen LogP contribution in [0.5, 0.6) is 0 Å². The van der Waals surface area contributed by atoms with E-state index in [0.717, 1.165) is 47.4 Å². The van der Waals surface area contributed by atoms with Crippen LogP contribution < -0.4 is 9.52 Å². The summed E-state index contributed by atoms with van der Waals surface area (Å²) >= 11 is 1.54. The largest absolute Gasteiger partial charge is 0.320 e. The SMILES string of the molecule is Cn1c(-c2cccc(S(=O)(=O)NC3CCCCC3)c2)csc1=Nc1ccccc1. The average molecular weight is 428 g/mol. The Morgan fingerprint density at radius 3 is 2.55 bits per heavy atom. The lowest BCUT2D eigenvalue weighted by Crippen LogP contribution is -2.36. The van der Waals surface area contributed by atoms with Gasteiger partial charge in [0.1, 0.15) is 0 Å². The van der Waals surface area contributed by atoms with Crippen LogP contribution >= 0.6 is 11.3 Å². The molecule has 0 amide bonds. The highest BCUT2D eigenvalue weighted by molar-refractivity contribution is 7.89. The summed E-state index contributed by atoms with van der Waals surface area (Å²) in [6.45, 7) is 0. The van der Waals surface area contributed by atoms with E-state index in [2.05, 4.69) is 9.71 Å². The fraction of sp³-hybridized carbons (Fsp3) is 0.318. The number of aromatic nitrogens is 1. The lowest BCUT2D eigenvalue weighted by molar-refractivity contribution is 0.412. The Kier molecular flexibility index (Phi) is 5.99. The maximum absolute atomic E-state index is 12.9. The van der Waals surface area contributed by atoms with Gasteiger partial charge in [-0.1, -0.05) is 49.6 Å². The van der Waals surface area contributed by atoms with Crippen molar-refractivity contribution < 1.29 is 8.42 Å². The van der Waals surface area contributed by atoms with Gasteiger partial charge in [0.2, 0.25) is 10.0 Å². The third kappa shape index (κ3) is 4.69. The Morgan fingerprint density at radius 2 is 1.79 bits per heavy atom. The Labute approximate surface area is 175 Å². The molecule has 152 valence electrons. The van der Waals surface area contributed by atoms with Crippen molar-refractivity contribution in [1.82, 2.24) is 9.29 Å². The van der Waals surface area contributed by atoms with E-state index in [1.165, 1.54) is 17.8 Å². The second-order valence-electron chi connectivity index (χ2n) is 7.39. The zero-order chi connectivity index (χ0) is 20.3. The molecule has 5 nitrogen and oxygen atoms in total. The van der Waals surface area contributed by atoms with Gasteiger partial charge in [0.05, 0.1) is 16.3 Å². The van der Waals surface area contributed by atoms with Gasteiger partial charge in [0, 0.05) is 24.0 Å². The third-order valence-electron chi connectivity index (χ3n) is 5.27. The first-order chi connectivity index (χ1) is 14.0. The minimum Gasteiger partial charge on any atom is -0.320 e. The lowest BCUT2D eigenvalue weighted by atomic mass is 9.96. The van der Waals surface area contributed by atoms with Crippen molar-refractivity contribution >= 4 is 27.0 Å². The number of sulfonamides is 1. The van der Waals surface area contributed by atoms with Crippen molar-refractivity contribution in [3.05, 3.63) is 64.8 Å². The first-order valence-electron chi connectivity index (χ1n) is 9.90. The first kappa shape index (κ1) is 20.1. The van der Waals surface area contributed by atoms with E-state index in [1.807, 2.05) is 53.4 Å². The zero-order valence-corrected chi connectivity index (χ0v) is 18.0. The van der Waals surface area contributed by atoms with Gasteiger partial charge < -0.3 is 4.57 Å². The van der Waals surface area contributed by atoms with E-state index in [4.69, 9.17) is 0 Å². The van der Waals surface area contributed by atoms with Gasteiger partial charge in [-0.2, -0.15) is 0 Å². The number of nitrogens with one attached hydrogen (secondary N) is 1. The lowest BCUT2D eigenvalue weighted by Gasteiger charge is -2.22. The van der Waals surface area contributed by atoms with Gasteiger partial charge in [0.25, 0.3) is 0 Å². The number of hydrogen-bond donors (Lipinski definition) is 1. The van der Waals surface area contributed by atoms with Gasteiger partial charge in [-0.15, -0.1) is 11.3 Å². The molecule has 29 heavy (non-hydrogen) atoms. The second kappa shape index (κ2) is 8.65. The van der Waals surface area contributed by atoms with E-state index in [9.17, 15) is 8.42 Å². The molecule has 0 saturated heterocycles. The summed E-state index contributed by atoms with van der Waals surface area (Å²) in [4.78, 5) is 5.86. The smallest absolute Gasteiger partial charge is 0.240 e. The summed E-state index contributed by atoms with van der Waals surface area (Å²) in [5.74, 6) is 0. The van der Waals surface area contributed by atoms with E-state index >= 15 is 0 Å². The van der Waals surface area contributed by atoms with Crippen LogP contribution in [-0.2, 0) is 17.1 Å². The van der Waals surface area contributed by atoms with Crippen molar-refractivity contribution in [2.45, 2.75) is 43.0 Å². The maximum atomic E-state index is 12.9. The molecular formula is C22H25N3O2S2. The number of para-hydroxylation sites is 1. The van der Waals surface area contributed by atoms with E-state index < -0.39 is 10.0 Å². The standard InChI is InChI=1S/C22H25N3O2S2/c1-25-21(16-28-22(25)23-18-10-4-2-5-11-18)17-9-8-14-20(15-17)29(26,27)24-19-12-6-3-7-13-19/h2,4-5,8-11,14-16,19,24H,3,6-7,12-13H2,1H3. The molecular weight excluding hydrogens is 402 g/mol. The molecule has 2 aromatic carbocycles. The Hall–Kier alpha value is -2.22. The highest BCUT2D eigenvalue weighted by Crippen LogP contribution is 2.25. The maximum Gasteiger partial charge on any atom is 0.240 e. The topological polar surface area (TPSA) is 63.5 Å². The molecule has 0 radical (unpaired) electrons. The Balaban J connectivity index is 1.63. The molecule has 1 saturated carbocycles. The molecule has 1 aliphatic carbocycles. The monoisotopic (exact) mass is 427 g/mol. The van der Waals surface area contributed by atoms with Crippen molar-refractivity contribution in [3.63, 3.8) is 0 Å². The van der Waals surface area contributed by atoms with Crippen LogP contribution in [0.25, 0.3) is 11.3 Å². The van der Waals surface area contributed by atoms with Crippen molar-refractivity contribution in [1.29, 1.82) is 0 Å².